The van der Waals surface area contributed by atoms with Crippen molar-refractivity contribution in [1.82, 2.24) is 25.0 Å². The fraction of sp³-hybridized carbons (Fsp3) is 0.429. The Morgan fingerprint density at radius 3 is 2.96 bits per heavy atom. The van der Waals surface area contributed by atoms with E-state index in [1.807, 2.05) is 29.0 Å². The lowest BCUT2D eigenvalue weighted by atomic mass is 10.4. The molecule has 1 aliphatic heterocycles. The van der Waals surface area contributed by atoms with Crippen LogP contribution in [0.5, 0.6) is 0 Å². The van der Waals surface area contributed by atoms with Crippen molar-refractivity contribution in [2.45, 2.75) is 30.8 Å². The van der Waals surface area contributed by atoms with Crippen molar-refractivity contribution in [1.29, 1.82) is 0 Å². The van der Waals surface area contributed by atoms with Crippen LogP contribution in [0.4, 0.5) is 4.79 Å². The minimum atomic E-state index is -0.399. The van der Waals surface area contributed by atoms with Crippen molar-refractivity contribution in [3.63, 3.8) is 0 Å². The highest BCUT2D eigenvalue weighted by Gasteiger charge is 2.31. The Morgan fingerprint density at radius 1 is 1.52 bits per heavy atom. The highest BCUT2D eigenvalue weighted by atomic mass is 32.2. The van der Waals surface area contributed by atoms with Crippen LogP contribution in [-0.4, -0.2) is 49.9 Å². The number of urea groups is 1. The maximum atomic E-state index is 12.4. The summed E-state index contributed by atoms with van der Waals surface area (Å²) < 4.78 is 1.99. The lowest BCUT2D eigenvalue weighted by molar-refractivity contribution is -0.126. The van der Waals surface area contributed by atoms with Gasteiger partial charge in [0.15, 0.2) is 11.0 Å². The number of amides is 3. The smallest absolute Gasteiger partial charge is 0.324 e. The topological polar surface area (TPSA) is 80.1 Å². The predicted molar refractivity (Wildman–Crippen MR) is 89.4 cm³/mol. The van der Waals surface area contributed by atoms with Gasteiger partial charge < -0.3 is 9.88 Å². The van der Waals surface area contributed by atoms with Gasteiger partial charge in [0.05, 0.1) is 10.1 Å². The van der Waals surface area contributed by atoms with Gasteiger partial charge in [0, 0.05) is 19.6 Å². The summed E-state index contributed by atoms with van der Waals surface area (Å²) >= 11 is 2.94. The van der Waals surface area contributed by atoms with Gasteiger partial charge in [0.25, 0.3) is 0 Å². The van der Waals surface area contributed by atoms with Crippen LogP contribution in [0.25, 0.3) is 10.7 Å². The summed E-state index contributed by atoms with van der Waals surface area (Å²) in [5.41, 5.74) is 0. The number of imide groups is 1. The number of hydrogen-bond donors (Lipinski definition) is 1. The molecule has 9 heteroatoms. The summed E-state index contributed by atoms with van der Waals surface area (Å²) in [5.74, 6) is 0.608. The molecule has 0 saturated carbocycles. The second-order valence-electron chi connectivity index (χ2n) is 5.01. The molecule has 122 valence electrons. The maximum Gasteiger partial charge on any atom is 0.324 e. The average molecular weight is 351 g/mol. The SMILES string of the molecule is CCn1c(S[C@H](C)C(=O)N2CCNC2=O)nnc1-c1cccs1. The van der Waals surface area contributed by atoms with Gasteiger partial charge in [-0.25, -0.2) is 4.79 Å². The van der Waals surface area contributed by atoms with Crippen LogP contribution in [0.3, 0.4) is 0 Å². The summed E-state index contributed by atoms with van der Waals surface area (Å²) in [6, 6.07) is 3.65. The molecule has 3 amide bonds. The summed E-state index contributed by atoms with van der Waals surface area (Å²) in [6.45, 7) is 5.45. The van der Waals surface area contributed by atoms with Crippen LogP contribution in [0.1, 0.15) is 13.8 Å². The first kappa shape index (κ1) is 16.0. The predicted octanol–water partition coefficient (Wildman–Crippen LogP) is 2.06. The van der Waals surface area contributed by atoms with Crippen molar-refractivity contribution in [3.05, 3.63) is 17.5 Å². The van der Waals surface area contributed by atoms with Gasteiger partial charge in [-0.2, -0.15) is 0 Å². The molecule has 0 aromatic carbocycles. The number of thioether (sulfide) groups is 1. The fourth-order valence-electron chi connectivity index (χ4n) is 2.36. The molecule has 1 atom stereocenters. The highest BCUT2D eigenvalue weighted by molar-refractivity contribution is 8.00. The molecule has 0 aliphatic carbocycles. The molecule has 2 aromatic rings. The van der Waals surface area contributed by atoms with Crippen LogP contribution < -0.4 is 5.32 Å². The lowest BCUT2D eigenvalue weighted by Crippen LogP contribution is -2.39. The molecule has 0 radical (unpaired) electrons. The molecule has 1 saturated heterocycles. The van der Waals surface area contributed by atoms with Crippen LogP contribution in [0, 0.1) is 0 Å². The van der Waals surface area contributed by atoms with Crippen LogP contribution >= 0.6 is 23.1 Å². The Labute approximate surface area is 142 Å². The molecule has 23 heavy (non-hydrogen) atoms. The molecular weight excluding hydrogens is 334 g/mol. The second-order valence-corrected chi connectivity index (χ2v) is 7.27. The van der Waals surface area contributed by atoms with E-state index in [1.165, 1.54) is 16.7 Å². The first-order valence-corrected chi connectivity index (χ1v) is 9.10. The second kappa shape index (κ2) is 6.71. The third-order valence-electron chi connectivity index (χ3n) is 3.53. The Bertz CT molecular complexity index is 713. The molecule has 7 nitrogen and oxygen atoms in total. The van der Waals surface area contributed by atoms with E-state index < -0.39 is 5.25 Å². The molecule has 0 spiro atoms. The highest BCUT2D eigenvalue weighted by Crippen LogP contribution is 2.29. The number of carbonyl (C=O) groups excluding carboxylic acids is 2. The lowest BCUT2D eigenvalue weighted by Gasteiger charge is -2.17. The summed E-state index contributed by atoms with van der Waals surface area (Å²) in [6.07, 6.45) is 0. The summed E-state index contributed by atoms with van der Waals surface area (Å²) in [4.78, 5) is 26.3. The van der Waals surface area contributed by atoms with Crippen molar-refractivity contribution in [2.75, 3.05) is 13.1 Å². The van der Waals surface area contributed by atoms with Gasteiger partial charge in [-0.15, -0.1) is 21.5 Å². The van der Waals surface area contributed by atoms with Crippen LogP contribution in [0.15, 0.2) is 22.7 Å². The fourth-order valence-corrected chi connectivity index (χ4v) is 4.05. The van der Waals surface area contributed by atoms with Crippen LogP contribution in [-0.2, 0) is 11.3 Å². The van der Waals surface area contributed by atoms with Gasteiger partial charge in [-0.05, 0) is 25.3 Å². The summed E-state index contributed by atoms with van der Waals surface area (Å²) in [7, 11) is 0. The molecule has 1 N–H and O–H groups in total. The van der Waals surface area contributed by atoms with E-state index in [0.717, 1.165) is 10.7 Å². The van der Waals surface area contributed by atoms with E-state index in [1.54, 1.807) is 18.3 Å². The zero-order chi connectivity index (χ0) is 16.4. The maximum absolute atomic E-state index is 12.4. The van der Waals surface area contributed by atoms with Crippen molar-refractivity contribution in [2.24, 2.45) is 0 Å². The average Bonchev–Trinajstić information content (AvgIpc) is 3.26. The number of rotatable bonds is 5. The molecule has 2 aromatic heterocycles. The Balaban J connectivity index is 1.77. The minimum Gasteiger partial charge on any atom is -0.336 e. The zero-order valence-corrected chi connectivity index (χ0v) is 14.5. The van der Waals surface area contributed by atoms with Crippen molar-refractivity contribution >= 4 is 35.0 Å². The standard InChI is InChI=1S/C14H17N5O2S2/c1-3-18-11(10-5-4-8-22-10)16-17-14(18)23-9(2)12(20)19-7-6-15-13(19)21/h4-5,8-9H,3,6-7H2,1-2H3,(H,15,21)/t9-/m1/s1. The molecular formula is C14H17N5O2S2. The Morgan fingerprint density at radius 2 is 2.35 bits per heavy atom. The molecule has 1 fully saturated rings. The van der Waals surface area contributed by atoms with E-state index in [2.05, 4.69) is 15.5 Å². The van der Waals surface area contributed by atoms with Gasteiger partial charge in [0.1, 0.15) is 0 Å². The molecule has 3 heterocycles. The number of carbonyl (C=O) groups is 2. The van der Waals surface area contributed by atoms with E-state index in [-0.39, 0.29) is 11.9 Å². The van der Waals surface area contributed by atoms with E-state index in [9.17, 15) is 9.59 Å². The third-order valence-corrected chi connectivity index (χ3v) is 5.46. The zero-order valence-electron chi connectivity index (χ0n) is 12.9. The van der Waals surface area contributed by atoms with Gasteiger partial charge in [0.2, 0.25) is 5.91 Å². The Kier molecular flexibility index (Phi) is 4.67. The van der Waals surface area contributed by atoms with Gasteiger partial charge >= 0.3 is 6.03 Å². The van der Waals surface area contributed by atoms with Crippen LogP contribution in [0.2, 0.25) is 0 Å². The van der Waals surface area contributed by atoms with Crippen molar-refractivity contribution < 1.29 is 9.59 Å². The molecule has 3 rings (SSSR count). The molecule has 0 bridgehead atoms. The number of nitrogens with one attached hydrogen (secondary N) is 1. The quantitative estimate of drug-likeness (QED) is 0.834. The Hall–Kier alpha value is -1.87. The summed E-state index contributed by atoms with van der Waals surface area (Å²) in [5, 5.41) is 13.4. The first-order valence-electron chi connectivity index (χ1n) is 7.34. The number of aromatic nitrogens is 3. The van der Waals surface area contributed by atoms with E-state index in [0.29, 0.717) is 24.8 Å². The number of thiophene rings is 1. The molecule has 0 unspecified atom stereocenters. The van der Waals surface area contributed by atoms with Gasteiger partial charge in [-0.1, -0.05) is 17.8 Å². The number of hydrogen-bond acceptors (Lipinski definition) is 6. The monoisotopic (exact) mass is 351 g/mol. The minimum absolute atomic E-state index is 0.201. The van der Waals surface area contributed by atoms with Gasteiger partial charge in [-0.3, -0.25) is 9.69 Å². The number of nitrogens with zero attached hydrogens (tertiary/aromatic N) is 4. The van der Waals surface area contributed by atoms with Crippen molar-refractivity contribution in [3.8, 4) is 10.7 Å². The normalized spacial score (nSPS) is 15.7. The largest absolute Gasteiger partial charge is 0.336 e. The first-order chi connectivity index (χ1) is 11.1. The third kappa shape index (κ3) is 3.11. The molecule has 1 aliphatic rings. The van der Waals surface area contributed by atoms with E-state index in [4.69, 9.17) is 0 Å². The van der Waals surface area contributed by atoms with E-state index >= 15 is 0 Å².